The molecule has 144 valence electrons. The van der Waals surface area contributed by atoms with E-state index in [4.69, 9.17) is 0 Å². The molecule has 3 rings (SSSR count). The fourth-order valence-electron chi connectivity index (χ4n) is 2.71. The van der Waals surface area contributed by atoms with Gasteiger partial charge in [-0.25, -0.2) is 9.97 Å². The monoisotopic (exact) mass is 374 g/mol. The van der Waals surface area contributed by atoms with E-state index in [1.165, 1.54) is 11.1 Å². The van der Waals surface area contributed by atoms with Gasteiger partial charge in [-0.3, -0.25) is 4.79 Å². The number of amides is 1. The second-order valence-corrected chi connectivity index (χ2v) is 7.89. The van der Waals surface area contributed by atoms with Crippen LogP contribution in [-0.4, -0.2) is 15.9 Å². The van der Waals surface area contributed by atoms with Crippen molar-refractivity contribution in [3.63, 3.8) is 0 Å². The van der Waals surface area contributed by atoms with Crippen LogP contribution in [0.4, 0.5) is 11.6 Å². The van der Waals surface area contributed by atoms with Crippen LogP contribution in [0.15, 0.2) is 60.8 Å². The smallest absolute Gasteiger partial charge is 0.274 e. The first-order valence-corrected chi connectivity index (χ1v) is 9.35. The molecule has 0 aliphatic heterocycles. The van der Waals surface area contributed by atoms with Crippen LogP contribution in [0.25, 0.3) is 0 Å². The summed E-state index contributed by atoms with van der Waals surface area (Å²) in [5.41, 5.74) is 4.70. The summed E-state index contributed by atoms with van der Waals surface area (Å²) in [5, 5.41) is 6.05. The Labute approximate surface area is 166 Å². The highest BCUT2D eigenvalue weighted by atomic mass is 16.1. The van der Waals surface area contributed by atoms with Gasteiger partial charge >= 0.3 is 0 Å². The van der Waals surface area contributed by atoms with Crippen molar-refractivity contribution < 1.29 is 4.79 Å². The molecular weight excluding hydrogens is 348 g/mol. The van der Waals surface area contributed by atoms with Crippen molar-refractivity contribution in [1.29, 1.82) is 0 Å². The van der Waals surface area contributed by atoms with Gasteiger partial charge in [0.05, 0.1) is 0 Å². The molecule has 1 heterocycles. The number of hydrogen-bond acceptors (Lipinski definition) is 4. The Morgan fingerprint density at radius 2 is 1.64 bits per heavy atom. The first kappa shape index (κ1) is 19.5. The molecule has 2 N–H and O–H groups in total. The molecule has 0 aliphatic rings. The van der Waals surface area contributed by atoms with Crippen LogP contribution in [0.5, 0.6) is 0 Å². The third kappa shape index (κ3) is 5.16. The summed E-state index contributed by atoms with van der Waals surface area (Å²) in [7, 11) is 0. The lowest BCUT2D eigenvalue weighted by Gasteiger charge is -2.19. The molecule has 1 aromatic heterocycles. The molecule has 0 atom stereocenters. The minimum atomic E-state index is -0.260. The van der Waals surface area contributed by atoms with Crippen molar-refractivity contribution in [2.45, 2.75) is 39.7 Å². The topological polar surface area (TPSA) is 66.9 Å². The zero-order valence-corrected chi connectivity index (χ0v) is 16.8. The second-order valence-electron chi connectivity index (χ2n) is 7.89. The van der Waals surface area contributed by atoms with Gasteiger partial charge in [-0.15, -0.1) is 0 Å². The van der Waals surface area contributed by atoms with Crippen LogP contribution in [0.3, 0.4) is 0 Å². The van der Waals surface area contributed by atoms with Crippen LogP contribution in [-0.2, 0) is 12.0 Å². The van der Waals surface area contributed by atoms with Crippen molar-refractivity contribution in [1.82, 2.24) is 9.97 Å². The van der Waals surface area contributed by atoms with Gasteiger partial charge in [0.15, 0.2) is 0 Å². The summed E-state index contributed by atoms with van der Waals surface area (Å²) in [6, 6.07) is 17.7. The first-order chi connectivity index (χ1) is 13.3. The minimum Gasteiger partial charge on any atom is -0.350 e. The number of anilines is 2. The van der Waals surface area contributed by atoms with E-state index in [2.05, 4.69) is 72.6 Å². The van der Waals surface area contributed by atoms with Crippen LogP contribution >= 0.6 is 0 Å². The van der Waals surface area contributed by atoms with E-state index in [1.54, 1.807) is 12.3 Å². The van der Waals surface area contributed by atoms with E-state index in [1.807, 2.05) is 24.3 Å². The summed E-state index contributed by atoms with van der Waals surface area (Å²) in [4.78, 5) is 21.1. The first-order valence-electron chi connectivity index (χ1n) is 9.35. The summed E-state index contributed by atoms with van der Waals surface area (Å²) >= 11 is 0. The van der Waals surface area contributed by atoms with E-state index in [0.717, 1.165) is 11.3 Å². The molecular formula is C23H26N4O. The van der Waals surface area contributed by atoms with Gasteiger partial charge in [-0.1, -0.05) is 62.7 Å². The minimum absolute atomic E-state index is 0.0766. The molecule has 5 nitrogen and oxygen atoms in total. The molecule has 3 aromatic rings. The lowest BCUT2D eigenvalue weighted by Crippen LogP contribution is -2.16. The van der Waals surface area contributed by atoms with Crippen LogP contribution in [0.1, 0.15) is 48.0 Å². The lowest BCUT2D eigenvalue weighted by atomic mass is 9.87. The maximum absolute atomic E-state index is 12.5. The molecule has 5 heteroatoms. The molecule has 0 aliphatic carbocycles. The Morgan fingerprint density at radius 3 is 2.29 bits per heavy atom. The molecule has 2 aromatic carbocycles. The van der Waals surface area contributed by atoms with E-state index in [9.17, 15) is 4.79 Å². The van der Waals surface area contributed by atoms with Gasteiger partial charge < -0.3 is 10.6 Å². The number of nitrogens with one attached hydrogen (secondary N) is 2. The van der Waals surface area contributed by atoms with Crippen LogP contribution in [0.2, 0.25) is 0 Å². The maximum atomic E-state index is 12.5. The predicted octanol–water partition coefficient (Wildman–Crippen LogP) is 4.95. The van der Waals surface area contributed by atoms with Crippen molar-refractivity contribution in [2.24, 2.45) is 0 Å². The Hall–Kier alpha value is -3.21. The molecule has 0 bridgehead atoms. The third-order valence-corrected chi connectivity index (χ3v) is 4.47. The largest absolute Gasteiger partial charge is 0.350 e. The third-order valence-electron chi connectivity index (χ3n) is 4.47. The molecule has 0 saturated carbocycles. The van der Waals surface area contributed by atoms with E-state index in [-0.39, 0.29) is 11.3 Å². The summed E-state index contributed by atoms with van der Waals surface area (Å²) in [6.07, 6.45) is 1.59. The fourth-order valence-corrected chi connectivity index (χ4v) is 2.71. The average Bonchev–Trinajstić information content (AvgIpc) is 2.67. The van der Waals surface area contributed by atoms with Gasteiger partial charge in [0.1, 0.15) is 5.69 Å². The summed E-state index contributed by atoms with van der Waals surface area (Å²) < 4.78 is 0. The van der Waals surface area contributed by atoms with Crippen molar-refractivity contribution in [3.8, 4) is 0 Å². The highest BCUT2D eigenvalue weighted by molar-refractivity contribution is 6.02. The van der Waals surface area contributed by atoms with Gasteiger partial charge in [-0.05, 0) is 41.7 Å². The van der Waals surface area contributed by atoms with Gasteiger partial charge in [0.25, 0.3) is 5.91 Å². The lowest BCUT2D eigenvalue weighted by molar-refractivity contribution is 0.102. The summed E-state index contributed by atoms with van der Waals surface area (Å²) in [5.74, 6) is 0.167. The zero-order chi connectivity index (χ0) is 20.1. The zero-order valence-electron chi connectivity index (χ0n) is 16.8. The SMILES string of the molecule is Cc1ccc(CNc2nccc(C(=O)Nc3ccc(C(C)(C)C)cc3)n2)cc1. The molecule has 0 spiro atoms. The molecule has 0 fully saturated rings. The summed E-state index contributed by atoms with van der Waals surface area (Å²) in [6.45, 7) is 9.13. The highest BCUT2D eigenvalue weighted by Crippen LogP contribution is 2.23. The Kier molecular flexibility index (Phi) is 5.73. The number of aromatic nitrogens is 2. The number of benzene rings is 2. The maximum Gasteiger partial charge on any atom is 0.274 e. The number of aryl methyl sites for hydroxylation is 1. The normalized spacial score (nSPS) is 11.1. The second kappa shape index (κ2) is 8.21. The van der Waals surface area contributed by atoms with Crippen LogP contribution < -0.4 is 10.6 Å². The molecule has 0 unspecified atom stereocenters. The molecule has 1 amide bonds. The predicted molar refractivity (Wildman–Crippen MR) is 114 cm³/mol. The van der Waals surface area contributed by atoms with E-state index < -0.39 is 0 Å². The van der Waals surface area contributed by atoms with Gasteiger partial charge in [-0.2, -0.15) is 0 Å². The molecule has 0 radical (unpaired) electrons. The molecule has 28 heavy (non-hydrogen) atoms. The van der Waals surface area contributed by atoms with Gasteiger partial charge in [0, 0.05) is 18.4 Å². The van der Waals surface area contributed by atoms with Gasteiger partial charge in [0.2, 0.25) is 5.95 Å². The Morgan fingerprint density at radius 1 is 0.964 bits per heavy atom. The van der Waals surface area contributed by atoms with Crippen molar-refractivity contribution in [3.05, 3.63) is 83.2 Å². The number of carbonyl (C=O) groups excluding carboxylic acids is 1. The quantitative estimate of drug-likeness (QED) is 0.663. The number of hydrogen-bond donors (Lipinski definition) is 2. The van der Waals surface area contributed by atoms with Crippen molar-refractivity contribution in [2.75, 3.05) is 10.6 Å². The Balaban J connectivity index is 1.64. The molecule has 0 saturated heterocycles. The number of rotatable bonds is 5. The average molecular weight is 374 g/mol. The standard InChI is InChI=1S/C23H26N4O/c1-16-5-7-17(8-6-16)15-25-22-24-14-13-20(27-22)21(28)26-19-11-9-18(10-12-19)23(2,3)4/h5-14H,15H2,1-4H3,(H,26,28)(H,24,25,27). The number of carbonyl (C=O) groups is 1. The van der Waals surface area contributed by atoms with Crippen molar-refractivity contribution >= 4 is 17.5 Å². The Bertz CT molecular complexity index is 942. The van der Waals surface area contributed by atoms with Crippen LogP contribution in [0, 0.1) is 6.92 Å². The van der Waals surface area contributed by atoms with E-state index in [0.29, 0.717) is 18.2 Å². The highest BCUT2D eigenvalue weighted by Gasteiger charge is 2.14. The van der Waals surface area contributed by atoms with E-state index >= 15 is 0 Å². The fraction of sp³-hybridized carbons (Fsp3) is 0.261. The number of nitrogens with zero attached hydrogens (tertiary/aromatic N) is 2.